The van der Waals surface area contributed by atoms with Gasteiger partial charge in [-0.15, -0.1) is 0 Å². The molecule has 0 spiro atoms. The molecule has 0 radical (unpaired) electrons. The van der Waals surface area contributed by atoms with Crippen molar-refractivity contribution in [3.05, 3.63) is 34.9 Å². The van der Waals surface area contributed by atoms with Crippen molar-refractivity contribution >= 4 is 0 Å². The summed E-state index contributed by atoms with van der Waals surface area (Å²) in [7, 11) is 0. The number of hydrogen-bond donors (Lipinski definition) is 0. The van der Waals surface area contributed by atoms with Gasteiger partial charge in [-0.25, -0.2) is 0 Å². The smallest absolute Gasteiger partial charge is 0.0236 e. The van der Waals surface area contributed by atoms with E-state index in [2.05, 4.69) is 36.9 Å². The van der Waals surface area contributed by atoms with Crippen molar-refractivity contribution in [1.82, 2.24) is 4.90 Å². The van der Waals surface area contributed by atoms with Crippen molar-refractivity contribution in [3.8, 4) is 0 Å². The molecular formula is C14H21N. The van der Waals surface area contributed by atoms with Gasteiger partial charge >= 0.3 is 0 Å². The fourth-order valence-corrected chi connectivity index (χ4v) is 2.38. The molecule has 1 saturated heterocycles. The van der Waals surface area contributed by atoms with Crippen LogP contribution in [0.1, 0.15) is 36.0 Å². The maximum absolute atomic E-state index is 2.58. The average Bonchev–Trinajstić information content (AvgIpc) is 2.24. The minimum Gasteiger partial charge on any atom is -0.299 e. The highest BCUT2D eigenvalue weighted by atomic mass is 15.1. The standard InChI is InChI=1S/C14H21N/c1-12-6-7-14(13(2)10-12)11-15-8-4-3-5-9-15/h6-7,10H,3-5,8-9,11H2,1-2H3. The van der Waals surface area contributed by atoms with Crippen molar-refractivity contribution in [2.45, 2.75) is 39.7 Å². The number of aryl methyl sites for hydroxylation is 2. The third-order valence-electron chi connectivity index (χ3n) is 3.34. The first kappa shape index (κ1) is 10.7. The average molecular weight is 203 g/mol. The molecule has 2 rings (SSSR count). The number of piperidine rings is 1. The molecule has 1 aliphatic heterocycles. The maximum Gasteiger partial charge on any atom is 0.0236 e. The van der Waals surface area contributed by atoms with E-state index in [1.807, 2.05) is 0 Å². The Bertz CT molecular complexity index is 324. The molecule has 15 heavy (non-hydrogen) atoms. The Balaban J connectivity index is 2.03. The number of benzene rings is 1. The van der Waals surface area contributed by atoms with Crippen molar-refractivity contribution < 1.29 is 0 Å². The van der Waals surface area contributed by atoms with Crippen LogP contribution in [0, 0.1) is 13.8 Å². The molecule has 0 aromatic heterocycles. The molecular weight excluding hydrogens is 182 g/mol. The van der Waals surface area contributed by atoms with Crippen LogP contribution in [-0.4, -0.2) is 18.0 Å². The van der Waals surface area contributed by atoms with Crippen molar-refractivity contribution in [3.63, 3.8) is 0 Å². The van der Waals surface area contributed by atoms with E-state index in [9.17, 15) is 0 Å². The van der Waals surface area contributed by atoms with Gasteiger partial charge in [0.2, 0.25) is 0 Å². The number of nitrogens with zero attached hydrogens (tertiary/aromatic N) is 1. The minimum absolute atomic E-state index is 1.14. The summed E-state index contributed by atoms with van der Waals surface area (Å²) in [5.41, 5.74) is 4.32. The number of hydrogen-bond acceptors (Lipinski definition) is 1. The fraction of sp³-hybridized carbons (Fsp3) is 0.571. The van der Waals surface area contributed by atoms with Gasteiger partial charge in [0.05, 0.1) is 0 Å². The van der Waals surface area contributed by atoms with E-state index in [0.717, 1.165) is 6.54 Å². The normalized spacial score (nSPS) is 18.0. The second kappa shape index (κ2) is 4.80. The van der Waals surface area contributed by atoms with Gasteiger partial charge in [0, 0.05) is 6.54 Å². The Labute approximate surface area is 93.1 Å². The van der Waals surface area contributed by atoms with Crippen LogP contribution in [0.4, 0.5) is 0 Å². The molecule has 0 saturated carbocycles. The predicted octanol–water partition coefficient (Wildman–Crippen LogP) is 3.29. The lowest BCUT2D eigenvalue weighted by atomic mass is 10.0. The minimum atomic E-state index is 1.14. The summed E-state index contributed by atoms with van der Waals surface area (Å²) in [6.45, 7) is 8.11. The van der Waals surface area contributed by atoms with E-state index in [1.165, 1.54) is 49.0 Å². The summed E-state index contributed by atoms with van der Waals surface area (Å²) in [6.07, 6.45) is 4.18. The molecule has 0 N–H and O–H groups in total. The third kappa shape index (κ3) is 2.82. The second-order valence-electron chi connectivity index (χ2n) is 4.77. The van der Waals surface area contributed by atoms with Gasteiger partial charge in [-0.05, 0) is 50.9 Å². The third-order valence-corrected chi connectivity index (χ3v) is 3.34. The summed E-state index contributed by atoms with van der Waals surface area (Å²) in [5.74, 6) is 0. The lowest BCUT2D eigenvalue weighted by Gasteiger charge is -2.27. The van der Waals surface area contributed by atoms with Gasteiger partial charge in [-0.1, -0.05) is 30.2 Å². The van der Waals surface area contributed by atoms with E-state index in [1.54, 1.807) is 0 Å². The van der Waals surface area contributed by atoms with Gasteiger partial charge in [0.1, 0.15) is 0 Å². The number of rotatable bonds is 2. The Morgan fingerprint density at radius 2 is 1.80 bits per heavy atom. The lowest BCUT2D eigenvalue weighted by Crippen LogP contribution is -2.29. The predicted molar refractivity (Wildman–Crippen MR) is 65.0 cm³/mol. The summed E-state index contributed by atoms with van der Waals surface area (Å²) in [6, 6.07) is 6.81. The van der Waals surface area contributed by atoms with Crippen LogP contribution < -0.4 is 0 Å². The zero-order chi connectivity index (χ0) is 10.7. The Morgan fingerprint density at radius 3 is 2.47 bits per heavy atom. The SMILES string of the molecule is Cc1ccc(CN2CCCCC2)c(C)c1. The Morgan fingerprint density at radius 1 is 1.07 bits per heavy atom. The number of likely N-dealkylation sites (tertiary alicyclic amines) is 1. The van der Waals surface area contributed by atoms with E-state index in [-0.39, 0.29) is 0 Å². The van der Waals surface area contributed by atoms with Crippen LogP contribution in [0.2, 0.25) is 0 Å². The van der Waals surface area contributed by atoms with Gasteiger partial charge in [0.25, 0.3) is 0 Å². The van der Waals surface area contributed by atoms with Gasteiger partial charge < -0.3 is 0 Å². The van der Waals surface area contributed by atoms with Crippen LogP contribution in [0.25, 0.3) is 0 Å². The maximum atomic E-state index is 2.58. The van der Waals surface area contributed by atoms with E-state index >= 15 is 0 Å². The molecule has 1 aromatic carbocycles. The van der Waals surface area contributed by atoms with Crippen LogP contribution in [0.15, 0.2) is 18.2 Å². The molecule has 82 valence electrons. The summed E-state index contributed by atoms with van der Waals surface area (Å²) in [5, 5.41) is 0. The first-order valence-electron chi connectivity index (χ1n) is 6.04. The molecule has 1 heteroatoms. The zero-order valence-corrected chi connectivity index (χ0v) is 9.92. The topological polar surface area (TPSA) is 3.24 Å². The van der Waals surface area contributed by atoms with Crippen LogP contribution in [0.5, 0.6) is 0 Å². The molecule has 1 aliphatic rings. The van der Waals surface area contributed by atoms with Crippen LogP contribution >= 0.6 is 0 Å². The highest BCUT2D eigenvalue weighted by Gasteiger charge is 2.11. The molecule has 1 heterocycles. The Hall–Kier alpha value is -0.820. The quantitative estimate of drug-likeness (QED) is 0.713. The summed E-state index contributed by atoms with van der Waals surface area (Å²) < 4.78 is 0. The monoisotopic (exact) mass is 203 g/mol. The molecule has 0 unspecified atom stereocenters. The largest absolute Gasteiger partial charge is 0.299 e. The van der Waals surface area contributed by atoms with Crippen LogP contribution in [0.3, 0.4) is 0 Å². The highest BCUT2D eigenvalue weighted by Crippen LogP contribution is 2.16. The highest BCUT2D eigenvalue weighted by molar-refractivity contribution is 5.30. The molecule has 0 aliphatic carbocycles. The van der Waals surface area contributed by atoms with Crippen molar-refractivity contribution in [1.29, 1.82) is 0 Å². The molecule has 1 fully saturated rings. The summed E-state index contributed by atoms with van der Waals surface area (Å²) in [4.78, 5) is 2.58. The van der Waals surface area contributed by atoms with Gasteiger partial charge in [-0.3, -0.25) is 4.90 Å². The fourth-order valence-electron chi connectivity index (χ4n) is 2.38. The van der Waals surface area contributed by atoms with Crippen molar-refractivity contribution in [2.75, 3.05) is 13.1 Å². The van der Waals surface area contributed by atoms with Gasteiger partial charge in [-0.2, -0.15) is 0 Å². The first-order chi connectivity index (χ1) is 7.25. The molecule has 0 atom stereocenters. The zero-order valence-electron chi connectivity index (χ0n) is 9.92. The van der Waals surface area contributed by atoms with Gasteiger partial charge in [0.15, 0.2) is 0 Å². The van der Waals surface area contributed by atoms with E-state index in [4.69, 9.17) is 0 Å². The van der Waals surface area contributed by atoms with E-state index < -0.39 is 0 Å². The van der Waals surface area contributed by atoms with Crippen LogP contribution in [-0.2, 0) is 6.54 Å². The molecule has 1 nitrogen and oxygen atoms in total. The molecule has 0 amide bonds. The molecule has 1 aromatic rings. The summed E-state index contributed by atoms with van der Waals surface area (Å²) >= 11 is 0. The Kier molecular flexibility index (Phi) is 3.42. The van der Waals surface area contributed by atoms with E-state index in [0.29, 0.717) is 0 Å². The van der Waals surface area contributed by atoms with Crippen molar-refractivity contribution in [2.24, 2.45) is 0 Å². The first-order valence-corrected chi connectivity index (χ1v) is 6.04. The lowest BCUT2D eigenvalue weighted by molar-refractivity contribution is 0.220. The second-order valence-corrected chi connectivity index (χ2v) is 4.77. The molecule has 0 bridgehead atoms.